The van der Waals surface area contributed by atoms with Gasteiger partial charge in [0.25, 0.3) is 0 Å². The molecule has 0 saturated carbocycles. The van der Waals surface area contributed by atoms with E-state index in [9.17, 15) is 4.39 Å². The minimum absolute atomic E-state index is 0.147. The first kappa shape index (κ1) is 11.9. The van der Waals surface area contributed by atoms with E-state index in [1.807, 2.05) is 0 Å². The zero-order chi connectivity index (χ0) is 9.61. The van der Waals surface area contributed by atoms with Gasteiger partial charge in [0.15, 0.2) is 0 Å². The Morgan fingerprint density at radius 1 is 1.17 bits per heavy atom. The Hall–Kier alpha value is -0.0700. The molecule has 0 amide bonds. The van der Waals surface area contributed by atoms with Gasteiger partial charge in [-0.25, -0.2) is 0 Å². The largest absolute Gasteiger partial charge is 0.251 e. The summed E-state index contributed by atoms with van der Waals surface area (Å²) < 4.78 is 12.5. The summed E-state index contributed by atoms with van der Waals surface area (Å²) in [5.41, 5.74) is 0.368. The normalized spacial score (nSPS) is 14.8. The summed E-state index contributed by atoms with van der Waals surface area (Å²) in [4.78, 5) is 0. The highest BCUT2D eigenvalue weighted by Crippen LogP contribution is 2.34. The lowest BCUT2D eigenvalue weighted by Crippen LogP contribution is -2.19. The topological polar surface area (TPSA) is 0 Å². The first-order valence-corrected chi connectivity index (χ1v) is 5.17. The highest BCUT2D eigenvalue weighted by atomic mass is 19.1. The van der Waals surface area contributed by atoms with Crippen LogP contribution in [0.1, 0.15) is 53.4 Å². The lowest BCUT2D eigenvalue weighted by atomic mass is 9.76. The molecule has 0 heterocycles. The van der Waals surface area contributed by atoms with Crippen LogP contribution in [0.15, 0.2) is 0 Å². The number of alkyl halides is 1. The first-order valence-electron chi connectivity index (χ1n) is 5.17. The molecule has 0 saturated heterocycles. The second-order valence-corrected chi connectivity index (χ2v) is 4.15. The molecule has 0 fully saturated rings. The Bertz CT molecular complexity index is 102. The van der Waals surface area contributed by atoms with Gasteiger partial charge < -0.3 is 0 Å². The van der Waals surface area contributed by atoms with Gasteiger partial charge in [-0.15, -0.1) is 0 Å². The van der Waals surface area contributed by atoms with E-state index in [1.165, 1.54) is 12.8 Å². The lowest BCUT2D eigenvalue weighted by molar-refractivity contribution is 0.192. The Kier molecular flexibility index (Phi) is 5.52. The summed E-state index contributed by atoms with van der Waals surface area (Å²) in [6, 6.07) is 0. The SMILES string of the molecule is CCC(CF)CC(C)(CC)CC. The van der Waals surface area contributed by atoms with Crippen LogP contribution in [0.5, 0.6) is 0 Å². The van der Waals surface area contributed by atoms with Gasteiger partial charge in [0.05, 0.1) is 6.67 Å². The van der Waals surface area contributed by atoms with Crippen LogP contribution in [-0.2, 0) is 0 Å². The number of hydrogen-bond donors (Lipinski definition) is 0. The Labute approximate surface area is 76.6 Å². The molecule has 0 radical (unpaired) electrons. The summed E-state index contributed by atoms with van der Waals surface area (Å²) in [7, 11) is 0. The van der Waals surface area contributed by atoms with E-state index in [4.69, 9.17) is 0 Å². The molecule has 0 nitrogen and oxygen atoms in total. The monoisotopic (exact) mass is 174 g/mol. The molecule has 1 heteroatoms. The van der Waals surface area contributed by atoms with Crippen molar-refractivity contribution in [2.75, 3.05) is 6.67 Å². The molecule has 0 bridgehead atoms. The molecular formula is C11H23F. The molecule has 0 aromatic heterocycles. The molecule has 1 atom stereocenters. The van der Waals surface area contributed by atoms with Crippen LogP contribution in [0, 0.1) is 11.3 Å². The number of hydrogen-bond acceptors (Lipinski definition) is 0. The molecular weight excluding hydrogens is 151 g/mol. The maximum Gasteiger partial charge on any atom is 0.0922 e. The van der Waals surface area contributed by atoms with Gasteiger partial charge in [0.2, 0.25) is 0 Å². The molecule has 0 rings (SSSR count). The van der Waals surface area contributed by atoms with Crippen LogP contribution in [-0.4, -0.2) is 6.67 Å². The van der Waals surface area contributed by atoms with Gasteiger partial charge >= 0.3 is 0 Å². The Balaban J connectivity index is 3.99. The molecule has 0 spiro atoms. The van der Waals surface area contributed by atoms with Crippen molar-refractivity contribution in [3.8, 4) is 0 Å². The summed E-state index contributed by atoms with van der Waals surface area (Å²) >= 11 is 0. The third-order valence-corrected chi connectivity index (χ3v) is 3.28. The summed E-state index contributed by atoms with van der Waals surface area (Å²) in [6.45, 7) is 8.61. The van der Waals surface area contributed by atoms with Crippen molar-refractivity contribution in [3.63, 3.8) is 0 Å². The zero-order valence-corrected chi connectivity index (χ0v) is 8.99. The van der Waals surface area contributed by atoms with Gasteiger partial charge in [0, 0.05) is 0 Å². The molecule has 0 aliphatic carbocycles. The third-order valence-electron chi connectivity index (χ3n) is 3.28. The lowest BCUT2D eigenvalue weighted by Gasteiger charge is -2.29. The smallest absolute Gasteiger partial charge is 0.0922 e. The summed E-state index contributed by atoms with van der Waals surface area (Å²) in [5.74, 6) is 0.287. The van der Waals surface area contributed by atoms with Crippen LogP contribution in [0.4, 0.5) is 4.39 Å². The number of rotatable bonds is 6. The maximum atomic E-state index is 12.5. The van der Waals surface area contributed by atoms with Crippen molar-refractivity contribution >= 4 is 0 Å². The van der Waals surface area contributed by atoms with Gasteiger partial charge in [-0.3, -0.25) is 4.39 Å². The molecule has 0 aliphatic heterocycles. The van der Waals surface area contributed by atoms with Crippen LogP contribution < -0.4 is 0 Å². The fourth-order valence-electron chi connectivity index (χ4n) is 1.54. The molecule has 74 valence electrons. The van der Waals surface area contributed by atoms with Crippen molar-refractivity contribution in [1.82, 2.24) is 0 Å². The fourth-order valence-corrected chi connectivity index (χ4v) is 1.54. The van der Waals surface area contributed by atoms with Crippen molar-refractivity contribution < 1.29 is 4.39 Å². The van der Waals surface area contributed by atoms with E-state index in [-0.39, 0.29) is 12.6 Å². The molecule has 1 unspecified atom stereocenters. The Morgan fingerprint density at radius 2 is 1.67 bits per heavy atom. The molecule has 0 N–H and O–H groups in total. The average molecular weight is 174 g/mol. The van der Waals surface area contributed by atoms with E-state index in [1.54, 1.807) is 0 Å². The van der Waals surface area contributed by atoms with Crippen molar-refractivity contribution in [1.29, 1.82) is 0 Å². The molecule has 0 aromatic rings. The van der Waals surface area contributed by atoms with Crippen molar-refractivity contribution in [3.05, 3.63) is 0 Å². The quantitative estimate of drug-likeness (QED) is 0.566. The average Bonchev–Trinajstić information content (AvgIpc) is 2.14. The molecule has 0 aromatic carbocycles. The first-order chi connectivity index (χ1) is 5.61. The molecule has 12 heavy (non-hydrogen) atoms. The Morgan fingerprint density at radius 3 is 1.92 bits per heavy atom. The van der Waals surface area contributed by atoms with Gasteiger partial charge in [-0.1, -0.05) is 47.0 Å². The second kappa shape index (κ2) is 5.55. The van der Waals surface area contributed by atoms with E-state index >= 15 is 0 Å². The summed E-state index contributed by atoms with van der Waals surface area (Å²) in [6.07, 6.45) is 4.36. The minimum atomic E-state index is -0.147. The maximum absolute atomic E-state index is 12.5. The van der Waals surface area contributed by atoms with Crippen molar-refractivity contribution in [2.45, 2.75) is 53.4 Å². The summed E-state index contributed by atoms with van der Waals surface area (Å²) in [5, 5.41) is 0. The zero-order valence-electron chi connectivity index (χ0n) is 8.99. The molecule has 0 aliphatic rings. The van der Waals surface area contributed by atoms with Crippen LogP contribution in [0.25, 0.3) is 0 Å². The van der Waals surface area contributed by atoms with E-state index in [0.29, 0.717) is 5.41 Å². The van der Waals surface area contributed by atoms with Crippen molar-refractivity contribution in [2.24, 2.45) is 11.3 Å². The van der Waals surface area contributed by atoms with E-state index in [2.05, 4.69) is 27.7 Å². The van der Waals surface area contributed by atoms with Crippen LogP contribution >= 0.6 is 0 Å². The predicted octanol–water partition coefficient (Wildman–Crippen LogP) is 4.20. The van der Waals surface area contributed by atoms with E-state index < -0.39 is 0 Å². The number of halogens is 1. The predicted molar refractivity (Wildman–Crippen MR) is 53.1 cm³/mol. The highest BCUT2D eigenvalue weighted by Gasteiger charge is 2.23. The van der Waals surface area contributed by atoms with E-state index in [0.717, 1.165) is 12.8 Å². The third kappa shape index (κ3) is 3.55. The fraction of sp³-hybridized carbons (Fsp3) is 1.00. The van der Waals surface area contributed by atoms with Gasteiger partial charge in [-0.05, 0) is 17.8 Å². The van der Waals surface area contributed by atoms with Crippen LogP contribution in [0.2, 0.25) is 0 Å². The minimum Gasteiger partial charge on any atom is -0.251 e. The van der Waals surface area contributed by atoms with Crippen LogP contribution in [0.3, 0.4) is 0 Å². The second-order valence-electron chi connectivity index (χ2n) is 4.15. The highest BCUT2D eigenvalue weighted by molar-refractivity contribution is 4.74. The standard InChI is InChI=1S/C11H23F/c1-5-10(9-12)8-11(4,6-2)7-3/h10H,5-9H2,1-4H3. The van der Waals surface area contributed by atoms with Gasteiger partial charge in [-0.2, -0.15) is 0 Å². The van der Waals surface area contributed by atoms with Gasteiger partial charge in [0.1, 0.15) is 0 Å².